The molecule has 142 valence electrons. The maximum absolute atomic E-state index is 13.0. The number of methoxy groups -OCH3 is 1. The van der Waals surface area contributed by atoms with Crippen LogP contribution in [0.2, 0.25) is 0 Å². The van der Waals surface area contributed by atoms with E-state index in [1.165, 1.54) is 7.11 Å². The molecule has 0 spiro atoms. The molecule has 0 radical (unpaired) electrons. The molecule has 0 saturated carbocycles. The topological polar surface area (TPSA) is 84.7 Å². The van der Waals surface area contributed by atoms with Crippen LogP contribution in [0.4, 0.5) is 0 Å². The summed E-state index contributed by atoms with van der Waals surface area (Å²) >= 11 is 0. The molecule has 3 rings (SSSR count). The van der Waals surface area contributed by atoms with Crippen molar-refractivity contribution in [2.45, 2.75) is 39.8 Å². The van der Waals surface area contributed by atoms with Gasteiger partial charge in [0.2, 0.25) is 11.8 Å². The van der Waals surface area contributed by atoms with Gasteiger partial charge in [-0.2, -0.15) is 5.10 Å². The highest BCUT2D eigenvalue weighted by Gasteiger charge is 2.37. The molecule has 1 aromatic heterocycles. The van der Waals surface area contributed by atoms with Crippen molar-refractivity contribution in [2.24, 2.45) is 11.8 Å². The highest BCUT2D eigenvalue weighted by molar-refractivity contribution is 5.89. The number of rotatable bonds is 4. The van der Waals surface area contributed by atoms with Gasteiger partial charge >= 0.3 is 5.97 Å². The van der Waals surface area contributed by atoms with Gasteiger partial charge in [0.15, 0.2) is 5.69 Å². The van der Waals surface area contributed by atoms with Crippen LogP contribution in [0.5, 0.6) is 0 Å². The summed E-state index contributed by atoms with van der Waals surface area (Å²) in [5.74, 6) is -0.300. The number of carbonyl (C=O) groups excluding carboxylic acids is 3. The lowest BCUT2D eigenvalue weighted by atomic mass is 10.1. The summed E-state index contributed by atoms with van der Waals surface area (Å²) in [6.45, 7) is 7.01. The third-order valence-corrected chi connectivity index (χ3v) is 4.87. The summed E-state index contributed by atoms with van der Waals surface area (Å²) in [6.07, 6.45) is 1.05. The fraction of sp³-hybridized carbons (Fsp3) is 0.667. The van der Waals surface area contributed by atoms with Gasteiger partial charge in [0.1, 0.15) is 0 Å². The minimum Gasteiger partial charge on any atom is -0.464 e. The van der Waals surface area contributed by atoms with Gasteiger partial charge in [-0.1, -0.05) is 13.8 Å². The molecular weight excluding hydrogens is 336 g/mol. The molecule has 8 nitrogen and oxygen atoms in total. The smallest absolute Gasteiger partial charge is 0.358 e. The molecule has 1 saturated heterocycles. The van der Waals surface area contributed by atoms with Gasteiger partial charge < -0.3 is 14.5 Å². The van der Waals surface area contributed by atoms with Crippen molar-refractivity contribution in [1.29, 1.82) is 0 Å². The summed E-state index contributed by atoms with van der Waals surface area (Å²) in [5, 5.41) is 4.27. The van der Waals surface area contributed by atoms with E-state index in [1.807, 2.05) is 0 Å². The van der Waals surface area contributed by atoms with Crippen LogP contribution >= 0.6 is 0 Å². The number of likely N-dealkylation sites (tertiary alicyclic amines) is 1. The lowest BCUT2D eigenvalue weighted by Crippen LogP contribution is -2.37. The summed E-state index contributed by atoms with van der Waals surface area (Å²) in [5.41, 5.74) is 1.08. The molecule has 8 heteroatoms. The molecule has 0 bridgehead atoms. The average Bonchev–Trinajstić information content (AvgIpc) is 3.10. The largest absolute Gasteiger partial charge is 0.464 e. The van der Waals surface area contributed by atoms with E-state index in [2.05, 4.69) is 18.9 Å². The third-order valence-electron chi connectivity index (χ3n) is 4.87. The van der Waals surface area contributed by atoms with Gasteiger partial charge in [0.25, 0.3) is 0 Å². The number of aromatic nitrogens is 2. The van der Waals surface area contributed by atoms with Gasteiger partial charge in [0, 0.05) is 32.6 Å². The van der Waals surface area contributed by atoms with E-state index in [-0.39, 0.29) is 29.8 Å². The number of esters is 1. The molecule has 2 amide bonds. The monoisotopic (exact) mass is 362 g/mol. The maximum Gasteiger partial charge on any atom is 0.358 e. The second-order valence-corrected chi connectivity index (χ2v) is 7.44. The zero-order valence-electron chi connectivity index (χ0n) is 15.6. The van der Waals surface area contributed by atoms with Gasteiger partial charge in [-0.25, -0.2) is 4.79 Å². The standard InChI is InChI=1S/C18H26N4O4/c1-12(2)9-21-10-13(7-16(21)23)17(24)20-5-4-6-22-14(11-20)8-15(19-22)18(25)26-3/h8,12-13H,4-7,9-11H2,1-3H3/t13-/m0/s1. The van der Waals surface area contributed by atoms with E-state index in [0.29, 0.717) is 38.6 Å². The quantitative estimate of drug-likeness (QED) is 0.743. The van der Waals surface area contributed by atoms with Crippen LogP contribution < -0.4 is 0 Å². The number of hydrogen-bond donors (Lipinski definition) is 0. The number of ether oxygens (including phenoxy) is 1. The zero-order chi connectivity index (χ0) is 18.8. The average molecular weight is 362 g/mol. The molecule has 0 N–H and O–H groups in total. The number of aryl methyl sites for hydroxylation is 1. The van der Waals surface area contributed by atoms with Crippen molar-refractivity contribution in [2.75, 3.05) is 26.7 Å². The zero-order valence-corrected chi connectivity index (χ0v) is 15.6. The Balaban J connectivity index is 1.70. The molecule has 0 aliphatic carbocycles. The number of amides is 2. The Kier molecular flexibility index (Phi) is 5.29. The second-order valence-electron chi connectivity index (χ2n) is 7.44. The van der Waals surface area contributed by atoms with E-state index in [0.717, 1.165) is 12.1 Å². The van der Waals surface area contributed by atoms with Crippen molar-refractivity contribution in [3.05, 3.63) is 17.5 Å². The van der Waals surface area contributed by atoms with Gasteiger partial charge in [-0.15, -0.1) is 0 Å². The Bertz CT molecular complexity index is 712. The highest BCUT2D eigenvalue weighted by atomic mass is 16.5. The minimum atomic E-state index is -0.478. The Hall–Kier alpha value is -2.38. The number of nitrogens with zero attached hydrogens (tertiary/aromatic N) is 4. The highest BCUT2D eigenvalue weighted by Crippen LogP contribution is 2.23. The molecule has 2 aliphatic rings. The molecular formula is C18H26N4O4. The lowest BCUT2D eigenvalue weighted by molar-refractivity contribution is -0.136. The fourth-order valence-electron chi connectivity index (χ4n) is 3.67. The molecule has 3 heterocycles. The Labute approximate surface area is 153 Å². The second kappa shape index (κ2) is 7.47. The summed E-state index contributed by atoms with van der Waals surface area (Å²) in [4.78, 5) is 40.4. The van der Waals surface area contributed by atoms with Gasteiger partial charge in [0.05, 0.1) is 25.3 Å². The third kappa shape index (κ3) is 3.73. The van der Waals surface area contributed by atoms with Crippen molar-refractivity contribution in [3.8, 4) is 0 Å². The SMILES string of the molecule is COC(=O)c1cc2n(n1)CCCN(C(=O)[C@H]1CC(=O)N(CC(C)C)C1)C2. The van der Waals surface area contributed by atoms with Gasteiger partial charge in [-0.05, 0) is 18.4 Å². The summed E-state index contributed by atoms with van der Waals surface area (Å²) in [6, 6.07) is 1.68. The minimum absolute atomic E-state index is 0.0128. The normalized spacial score (nSPS) is 20.3. The first kappa shape index (κ1) is 18.4. The van der Waals surface area contributed by atoms with E-state index >= 15 is 0 Å². The first-order valence-electron chi connectivity index (χ1n) is 9.10. The van der Waals surface area contributed by atoms with E-state index in [9.17, 15) is 14.4 Å². The first-order valence-corrected chi connectivity index (χ1v) is 9.10. The Morgan fingerprint density at radius 2 is 2.12 bits per heavy atom. The Morgan fingerprint density at radius 1 is 1.35 bits per heavy atom. The van der Waals surface area contributed by atoms with Crippen LogP contribution in [0.1, 0.15) is 42.9 Å². The predicted octanol–water partition coefficient (Wildman–Crippen LogP) is 0.906. The number of fused-ring (bicyclic) bond motifs is 1. The molecule has 26 heavy (non-hydrogen) atoms. The lowest BCUT2D eigenvalue weighted by Gasteiger charge is -2.24. The maximum atomic E-state index is 13.0. The molecule has 1 aromatic rings. The first-order chi connectivity index (χ1) is 12.4. The number of hydrogen-bond acceptors (Lipinski definition) is 5. The van der Waals surface area contributed by atoms with Crippen LogP contribution in [-0.2, 0) is 27.4 Å². The van der Waals surface area contributed by atoms with Crippen LogP contribution in [0, 0.1) is 11.8 Å². The van der Waals surface area contributed by atoms with Crippen molar-refractivity contribution in [3.63, 3.8) is 0 Å². The fourth-order valence-corrected chi connectivity index (χ4v) is 3.67. The van der Waals surface area contributed by atoms with Gasteiger partial charge in [-0.3, -0.25) is 14.3 Å². The molecule has 0 unspecified atom stereocenters. The molecule has 1 fully saturated rings. The van der Waals surface area contributed by atoms with Crippen LogP contribution in [0.15, 0.2) is 6.07 Å². The van der Waals surface area contributed by atoms with E-state index < -0.39 is 5.97 Å². The molecule has 2 aliphatic heterocycles. The summed E-state index contributed by atoms with van der Waals surface area (Å²) in [7, 11) is 1.32. The Morgan fingerprint density at radius 3 is 2.81 bits per heavy atom. The van der Waals surface area contributed by atoms with Crippen molar-refractivity contribution >= 4 is 17.8 Å². The van der Waals surface area contributed by atoms with Crippen molar-refractivity contribution in [1.82, 2.24) is 19.6 Å². The molecule has 1 atom stereocenters. The molecule has 0 aromatic carbocycles. The number of carbonyl (C=O) groups is 3. The van der Waals surface area contributed by atoms with Crippen LogP contribution in [-0.4, -0.2) is 64.1 Å². The van der Waals surface area contributed by atoms with E-state index in [4.69, 9.17) is 4.74 Å². The predicted molar refractivity (Wildman–Crippen MR) is 93.1 cm³/mol. The van der Waals surface area contributed by atoms with Crippen LogP contribution in [0.3, 0.4) is 0 Å². The summed E-state index contributed by atoms with van der Waals surface area (Å²) < 4.78 is 6.49. The van der Waals surface area contributed by atoms with Crippen LogP contribution in [0.25, 0.3) is 0 Å². The van der Waals surface area contributed by atoms with E-state index in [1.54, 1.807) is 20.5 Å². The van der Waals surface area contributed by atoms with Crippen molar-refractivity contribution < 1.29 is 19.1 Å².